The summed E-state index contributed by atoms with van der Waals surface area (Å²) in [5, 5.41) is 16.1. The number of H-pyrrole nitrogens is 1. The van der Waals surface area contributed by atoms with Gasteiger partial charge in [0, 0.05) is 42.8 Å². The summed E-state index contributed by atoms with van der Waals surface area (Å²) in [7, 11) is 0. The fourth-order valence-corrected chi connectivity index (χ4v) is 6.60. The SMILES string of the molecule is CC1(C)C(=O)N(c2ccc(C#N)c(C(F)(F)F)c2)C(=S)N1CCNCc1ccc(-c2[nH]c3cc(F)cc4c3c2CCNC4=O)cc1. The number of hydrogen-bond donors (Lipinski definition) is 3. The van der Waals surface area contributed by atoms with E-state index in [1.165, 1.54) is 18.2 Å². The third-order valence-electron chi connectivity index (χ3n) is 8.47. The first-order valence-corrected chi connectivity index (χ1v) is 14.9. The molecule has 0 unspecified atom stereocenters. The number of alkyl halides is 3. The van der Waals surface area contributed by atoms with Gasteiger partial charge in [-0.3, -0.25) is 14.5 Å². The van der Waals surface area contributed by atoms with E-state index in [2.05, 4.69) is 15.6 Å². The molecule has 0 bridgehead atoms. The minimum atomic E-state index is -4.77. The van der Waals surface area contributed by atoms with Crippen LogP contribution in [0.1, 0.15) is 46.5 Å². The van der Waals surface area contributed by atoms with Gasteiger partial charge in [0.1, 0.15) is 11.4 Å². The number of hydrogen-bond acceptors (Lipinski definition) is 5. The van der Waals surface area contributed by atoms with Gasteiger partial charge in [-0.25, -0.2) is 4.39 Å². The van der Waals surface area contributed by atoms with Gasteiger partial charge >= 0.3 is 6.18 Å². The molecule has 0 atom stereocenters. The van der Waals surface area contributed by atoms with Crippen molar-refractivity contribution in [2.75, 3.05) is 24.5 Å². The van der Waals surface area contributed by atoms with Crippen LogP contribution in [0, 0.1) is 17.1 Å². The third kappa shape index (κ3) is 5.37. The number of halogens is 4. The third-order valence-corrected chi connectivity index (χ3v) is 8.87. The lowest BCUT2D eigenvalue weighted by atomic mass is 9.99. The molecule has 2 aliphatic heterocycles. The van der Waals surface area contributed by atoms with E-state index in [-0.39, 0.29) is 16.7 Å². The molecule has 46 heavy (non-hydrogen) atoms. The van der Waals surface area contributed by atoms with Gasteiger partial charge in [0.05, 0.1) is 28.4 Å². The molecule has 0 spiro atoms. The molecule has 8 nitrogen and oxygen atoms in total. The van der Waals surface area contributed by atoms with Gasteiger partial charge in [0.25, 0.3) is 11.8 Å². The second kappa shape index (κ2) is 11.5. The zero-order chi connectivity index (χ0) is 33.0. The number of thiocarbonyl (C=S) groups is 1. The minimum Gasteiger partial charge on any atom is -0.354 e. The first-order chi connectivity index (χ1) is 21.8. The number of anilines is 1. The highest BCUT2D eigenvalue weighted by atomic mass is 32.1. The molecule has 0 aliphatic carbocycles. The van der Waals surface area contributed by atoms with Crippen LogP contribution in [0.25, 0.3) is 22.2 Å². The molecule has 0 saturated carbocycles. The molecule has 6 rings (SSSR count). The van der Waals surface area contributed by atoms with E-state index < -0.39 is 34.6 Å². The van der Waals surface area contributed by atoms with E-state index in [4.69, 9.17) is 17.5 Å². The molecule has 1 aromatic heterocycles. The Labute approximate surface area is 267 Å². The zero-order valence-electron chi connectivity index (χ0n) is 24.8. The molecule has 236 valence electrons. The van der Waals surface area contributed by atoms with Crippen LogP contribution >= 0.6 is 12.2 Å². The van der Waals surface area contributed by atoms with E-state index >= 15 is 0 Å². The topological polar surface area (TPSA) is 104 Å². The highest BCUT2D eigenvalue weighted by molar-refractivity contribution is 7.80. The van der Waals surface area contributed by atoms with Crippen molar-refractivity contribution in [3.63, 3.8) is 0 Å². The van der Waals surface area contributed by atoms with E-state index in [0.29, 0.717) is 43.7 Å². The van der Waals surface area contributed by atoms with Crippen LogP contribution in [-0.4, -0.2) is 52.0 Å². The van der Waals surface area contributed by atoms with Gasteiger partial charge in [-0.15, -0.1) is 0 Å². The molecule has 3 heterocycles. The molecule has 3 N–H and O–H groups in total. The van der Waals surface area contributed by atoms with Crippen molar-refractivity contribution in [3.05, 3.63) is 88.2 Å². The van der Waals surface area contributed by atoms with Gasteiger partial charge in [-0.1, -0.05) is 24.3 Å². The fraction of sp³-hybridized carbons (Fsp3) is 0.273. The number of nitriles is 1. The molecule has 0 radical (unpaired) electrons. The normalized spacial score (nSPS) is 16.2. The number of nitrogens with zero attached hydrogens (tertiary/aromatic N) is 3. The highest BCUT2D eigenvalue weighted by Gasteiger charge is 2.49. The van der Waals surface area contributed by atoms with Gasteiger partial charge in [-0.2, -0.15) is 18.4 Å². The molecular weight excluding hydrogens is 620 g/mol. The average Bonchev–Trinajstić information content (AvgIpc) is 3.37. The Morgan fingerprint density at radius 1 is 1.09 bits per heavy atom. The molecule has 4 aromatic rings. The summed E-state index contributed by atoms with van der Waals surface area (Å²) < 4.78 is 55.0. The number of aromatic amines is 1. The maximum absolute atomic E-state index is 14.2. The maximum atomic E-state index is 14.2. The van der Waals surface area contributed by atoms with Crippen molar-refractivity contribution >= 4 is 45.7 Å². The van der Waals surface area contributed by atoms with Crippen molar-refractivity contribution < 1.29 is 27.2 Å². The quantitative estimate of drug-likeness (QED) is 0.136. The Morgan fingerprint density at radius 3 is 2.52 bits per heavy atom. The van der Waals surface area contributed by atoms with E-state index in [1.807, 2.05) is 24.3 Å². The van der Waals surface area contributed by atoms with Crippen molar-refractivity contribution in [2.45, 2.75) is 38.5 Å². The Kier molecular flexibility index (Phi) is 7.82. The number of nitrogens with one attached hydrogen (secondary N) is 3. The van der Waals surface area contributed by atoms with Crippen LogP contribution in [0.15, 0.2) is 54.6 Å². The monoisotopic (exact) mass is 648 g/mol. The Bertz CT molecular complexity index is 1940. The lowest BCUT2D eigenvalue weighted by Crippen LogP contribution is -2.46. The number of carbonyl (C=O) groups is 2. The van der Waals surface area contributed by atoms with Crippen LogP contribution in [0.5, 0.6) is 0 Å². The summed E-state index contributed by atoms with van der Waals surface area (Å²) in [4.78, 5) is 31.9. The number of carbonyl (C=O) groups excluding carboxylic acids is 2. The first kappa shape index (κ1) is 31.2. The standard InChI is InChI=1S/C33H28F4N6O2S/c1-32(2)30(45)43(22-8-7-20(16-38)25(15-22)33(35,36)37)31(46)42(32)12-11-39-17-18-3-5-19(6-4-18)28-23-9-10-40-29(44)24-13-21(34)14-26(41-28)27(23)24/h3-8,13-15,39,41H,9-12,17H2,1-2H3,(H,40,44). The van der Waals surface area contributed by atoms with Gasteiger partial charge in [-0.05, 0) is 79.5 Å². The van der Waals surface area contributed by atoms with Crippen LogP contribution < -0.4 is 15.5 Å². The summed E-state index contributed by atoms with van der Waals surface area (Å²) in [6.45, 7) is 5.01. The Morgan fingerprint density at radius 2 is 1.83 bits per heavy atom. The molecule has 13 heteroatoms. The molecule has 2 aliphatic rings. The largest absolute Gasteiger partial charge is 0.417 e. The van der Waals surface area contributed by atoms with E-state index in [1.54, 1.807) is 24.8 Å². The summed E-state index contributed by atoms with van der Waals surface area (Å²) in [5.41, 5.74) is 1.75. The number of aromatic nitrogens is 1. The van der Waals surface area contributed by atoms with Gasteiger partial charge < -0.3 is 20.5 Å². The second-order valence-corrected chi connectivity index (χ2v) is 12.1. The summed E-state index contributed by atoms with van der Waals surface area (Å²) in [6, 6.07) is 15.1. The van der Waals surface area contributed by atoms with Crippen molar-refractivity contribution in [2.24, 2.45) is 0 Å². The maximum Gasteiger partial charge on any atom is 0.417 e. The highest BCUT2D eigenvalue weighted by Crippen LogP contribution is 2.38. The number of rotatable bonds is 7. The van der Waals surface area contributed by atoms with Crippen LogP contribution in [0.3, 0.4) is 0 Å². The molecule has 2 amide bonds. The molecule has 3 aromatic carbocycles. The Balaban J connectivity index is 1.13. The molecular formula is C33H28F4N6O2S. The minimum absolute atomic E-state index is 0.0473. The molecule has 1 saturated heterocycles. The lowest BCUT2D eigenvalue weighted by molar-refractivity contribution is -0.137. The summed E-state index contributed by atoms with van der Waals surface area (Å²) in [5.74, 6) is -1.25. The Hall–Kier alpha value is -4.80. The van der Waals surface area contributed by atoms with Gasteiger partial charge in [0.15, 0.2) is 5.11 Å². The van der Waals surface area contributed by atoms with E-state index in [9.17, 15) is 27.2 Å². The number of amides is 2. The summed E-state index contributed by atoms with van der Waals surface area (Å²) in [6.07, 6.45) is -4.17. The summed E-state index contributed by atoms with van der Waals surface area (Å²) >= 11 is 5.56. The predicted molar refractivity (Wildman–Crippen MR) is 168 cm³/mol. The van der Waals surface area contributed by atoms with Crippen molar-refractivity contribution in [3.8, 4) is 17.3 Å². The smallest absolute Gasteiger partial charge is 0.354 e. The average molecular weight is 649 g/mol. The van der Waals surface area contributed by atoms with Crippen LogP contribution in [-0.2, 0) is 23.9 Å². The van der Waals surface area contributed by atoms with E-state index in [0.717, 1.165) is 44.8 Å². The second-order valence-electron chi connectivity index (χ2n) is 11.7. The number of benzene rings is 3. The van der Waals surface area contributed by atoms with Crippen LogP contribution in [0.2, 0.25) is 0 Å². The fourth-order valence-electron chi connectivity index (χ4n) is 6.09. The predicted octanol–water partition coefficient (Wildman–Crippen LogP) is 5.65. The van der Waals surface area contributed by atoms with Crippen LogP contribution in [0.4, 0.5) is 23.2 Å². The van der Waals surface area contributed by atoms with Crippen molar-refractivity contribution in [1.29, 1.82) is 5.26 Å². The zero-order valence-corrected chi connectivity index (χ0v) is 25.6. The first-order valence-electron chi connectivity index (χ1n) is 14.5. The van der Waals surface area contributed by atoms with Gasteiger partial charge in [0.2, 0.25) is 0 Å². The molecule has 1 fully saturated rings. The van der Waals surface area contributed by atoms with Crippen molar-refractivity contribution in [1.82, 2.24) is 20.5 Å². The lowest BCUT2D eigenvalue weighted by Gasteiger charge is -2.29.